The normalized spacial score (nSPS) is 35.8. The smallest absolute Gasteiger partial charge is 0.810 e. The molecular weight excluding hydrogens is 1100 g/mol. The fourth-order valence-electron chi connectivity index (χ4n) is 8.87. The first-order valence-electron chi connectivity index (χ1n) is 26.4. The molecule has 4 rings (SSSR count). The second kappa shape index (κ2) is 33.3. The standard InChI is InChI=1S/C16H29NO7.2C11H22O4.C10H18O6.C4H11O3P.2Na/c1-6-9(19)12(21)13-11(17-8(2)18)10(20)7-16(24-13,14(22)23)15(3,4)5;2*1-5-6-7(12)8(13)9(14)10(15-6)11(2,3)4;1-10(2,3)8-6(13)4(11)5(12)7(16-8)9(14)15;1-4(2,3)8(5,6)7;;/h9-13,19-21H,6-7H2,1-5H3,(H,17,18)(H,22,23);2*6-10,12-14H,5H2,1-4H3;4-8,11-13H,1-3H3,(H,14,15);1-3H3,(H2,5,6,7);;/q;;;;;2*+1/p-4. The maximum absolute atomic E-state index is 11.8. The summed E-state index contributed by atoms with van der Waals surface area (Å²) < 4.78 is 32.2. The zero-order chi connectivity index (χ0) is 62.1. The topological polar surface area (TPSA) is 452 Å². The quantitative estimate of drug-likeness (QED) is 0.0793. The summed E-state index contributed by atoms with van der Waals surface area (Å²) in [5.41, 5.74) is -3.90. The van der Waals surface area contributed by atoms with Crippen LogP contribution in [0.2, 0.25) is 0 Å². The van der Waals surface area contributed by atoms with Crippen molar-refractivity contribution in [3.05, 3.63) is 0 Å². The molecule has 4 heterocycles. The Morgan fingerprint density at radius 1 is 0.588 bits per heavy atom. The molecule has 1 amide bonds. The number of carboxylic acids is 2. The first kappa shape index (κ1) is 84.1. The van der Waals surface area contributed by atoms with E-state index in [9.17, 15) is 100 Å². The number of hydrogen-bond donors (Lipinski definition) is 13. The number of rotatable bonds is 8. The number of aliphatic carboxylic acids is 2. The number of nitrogens with one attached hydrogen (secondary N) is 1. The van der Waals surface area contributed by atoms with Gasteiger partial charge in [-0.1, -0.05) is 132 Å². The number of amides is 1. The van der Waals surface area contributed by atoms with Crippen LogP contribution in [-0.2, 0) is 37.9 Å². The molecule has 0 aromatic heterocycles. The van der Waals surface area contributed by atoms with Gasteiger partial charge in [-0.25, -0.2) is 0 Å². The molecule has 0 saturated carbocycles. The summed E-state index contributed by atoms with van der Waals surface area (Å²) in [6, 6.07) is -1.05. The van der Waals surface area contributed by atoms with E-state index in [1.54, 1.807) is 48.5 Å². The van der Waals surface area contributed by atoms with Crippen molar-refractivity contribution in [2.75, 3.05) is 0 Å². The number of carboxylic acid groups (broad SMARTS) is 2. The molecule has 464 valence electrons. The first-order valence-corrected chi connectivity index (χ1v) is 27.9. The van der Waals surface area contributed by atoms with Gasteiger partial charge in [-0.2, -0.15) is 0 Å². The van der Waals surface area contributed by atoms with Crippen LogP contribution in [0.15, 0.2) is 0 Å². The average molecular weight is 1200 g/mol. The number of ether oxygens (including phenoxy) is 4. The molecule has 21 atom stereocenters. The van der Waals surface area contributed by atoms with E-state index in [1.165, 1.54) is 27.7 Å². The van der Waals surface area contributed by atoms with Crippen LogP contribution in [0.4, 0.5) is 0 Å². The van der Waals surface area contributed by atoms with Crippen LogP contribution in [-0.4, -0.2) is 212 Å². The van der Waals surface area contributed by atoms with Gasteiger partial charge in [0.1, 0.15) is 78.8 Å². The molecule has 0 aromatic rings. The molecule has 0 spiro atoms. The van der Waals surface area contributed by atoms with Crippen molar-refractivity contribution in [2.24, 2.45) is 21.7 Å². The van der Waals surface area contributed by atoms with Crippen molar-refractivity contribution in [3.8, 4) is 0 Å². The molecule has 0 bridgehead atoms. The number of aliphatic hydroxyl groups excluding tert-OH is 12. The molecule has 28 heteroatoms. The van der Waals surface area contributed by atoms with Crippen LogP contribution in [0.1, 0.15) is 157 Å². The predicted octanol–water partition coefficient (Wildman–Crippen LogP) is -9.77. The Hall–Kier alpha value is -0.0800. The van der Waals surface area contributed by atoms with Gasteiger partial charge >= 0.3 is 59.1 Å². The minimum Gasteiger partial charge on any atom is -0.810 e. The second-order valence-corrected chi connectivity index (χ2v) is 28.2. The third-order valence-electron chi connectivity index (χ3n) is 14.1. The Morgan fingerprint density at radius 2 is 0.912 bits per heavy atom. The van der Waals surface area contributed by atoms with Crippen molar-refractivity contribution in [2.45, 2.75) is 290 Å². The van der Waals surface area contributed by atoms with Crippen molar-refractivity contribution in [1.82, 2.24) is 5.32 Å². The molecule has 4 aliphatic heterocycles. The van der Waals surface area contributed by atoms with Crippen molar-refractivity contribution in [1.29, 1.82) is 0 Å². The summed E-state index contributed by atoms with van der Waals surface area (Å²) >= 11 is 0. The monoisotopic (exact) mass is 1200 g/mol. The zero-order valence-corrected chi connectivity index (χ0v) is 56.0. The Labute approximate surface area is 517 Å². The van der Waals surface area contributed by atoms with E-state index in [-0.39, 0.29) is 82.8 Å². The molecule has 4 aliphatic rings. The third kappa shape index (κ3) is 22.9. The van der Waals surface area contributed by atoms with Gasteiger partial charge in [-0.05, 0) is 46.1 Å². The number of aliphatic hydroxyl groups is 12. The number of hydrogen-bond acceptors (Lipinski definition) is 24. The van der Waals surface area contributed by atoms with Gasteiger partial charge in [0.05, 0.1) is 60.7 Å². The Morgan fingerprint density at radius 3 is 1.16 bits per heavy atom. The Kier molecular flexibility index (Phi) is 35.0. The molecule has 4 fully saturated rings. The molecule has 4 saturated heterocycles. The minimum atomic E-state index is -4.35. The maximum atomic E-state index is 11.8. The van der Waals surface area contributed by atoms with Gasteiger partial charge in [0.15, 0.2) is 0 Å². The van der Waals surface area contributed by atoms with Gasteiger partial charge in [0, 0.05) is 13.3 Å². The summed E-state index contributed by atoms with van der Waals surface area (Å²) in [6.07, 6.45) is -19.2. The van der Waals surface area contributed by atoms with Gasteiger partial charge < -0.3 is 120 Å². The van der Waals surface area contributed by atoms with Gasteiger partial charge in [0.25, 0.3) is 0 Å². The summed E-state index contributed by atoms with van der Waals surface area (Å²) in [4.78, 5) is 54.2. The van der Waals surface area contributed by atoms with E-state index in [0.717, 1.165) is 0 Å². The Balaban J connectivity index is -0.000000953. The molecule has 25 nitrogen and oxygen atoms in total. The summed E-state index contributed by atoms with van der Waals surface area (Å²) in [7, 11) is -4.35. The molecular formula is C52H98NNa2O24P-2. The molecule has 0 aliphatic carbocycles. The van der Waals surface area contributed by atoms with Crippen molar-refractivity contribution >= 4 is 25.4 Å². The van der Waals surface area contributed by atoms with E-state index in [1.807, 2.05) is 55.4 Å². The van der Waals surface area contributed by atoms with Crippen molar-refractivity contribution < 1.29 is 178 Å². The van der Waals surface area contributed by atoms with E-state index in [0.29, 0.717) is 12.8 Å². The fourth-order valence-corrected chi connectivity index (χ4v) is 8.87. The van der Waals surface area contributed by atoms with Gasteiger partial charge in [0.2, 0.25) is 5.91 Å². The average Bonchev–Trinajstić information content (AvgIpc) is 3.27. The van der Waals surface area contributed by atoms with Gasteiger partial charge in [-0.15, -0.1) is 0 Å². The van der Waals surface area contributed by atoms with Crippen molar-refractivity contribution in [3.63, 3.8) is 0 Å². The molecule has 21 unspecified atom stereocenters. The number of carbonyl (C=O) groups excluding carboxylic acids is 3. The maximum Gasteiger partial charge on any atom is 1.00 e. The molecule has 0 radical (unpaired) electrons. The minimum absolute atomic E-state index is 0. The summed E-state index contributed by atoms with van der Waals surface area (Å²) in [5, 5.41) is 142. The van der Waals surface area contributed by atoms with Crippen LogP contribution in [0.3, 0.4) is 0 Å². The van der Waals surface area contributed by atoms with Crippen LogP contribution in [0.5, 0.6) is 0 Å². The largest absolute Gasteiger partial charge is 1.00 e. The van der Waals surface area contributed by atoms with Crippen LogP contribution < -0.4 is 84.4 Å². The fraction of sp³-hybridized carbons (Fsp3) is 0.942. The molecule has 0 aromatic carbocycles. The van der Waals surface area contributed by atoms with E-state index >= 15 is 0 Å². The van der Waals surface area contributed by atoms with E-state index in [2.05, 4.69) is 5.32 Å². The zero-order valence-electron chi connectivity index (χ0n) is 51.1. The second-order valence-electron chi connectivity index (χ2n) is 25.9. The number of carbonyl (C=O) groups is 3. The van der Waals surface area contributed by atoms with Crippen LogP contribution in [0, 0.1) is 21.7 Å². The summed E-state index contributed by atoms with van der Waals surface area (Å²) in [5.74, 6) is -3.59. The van der Waals surface area contributed by atoms with Crippen LogP contribution >= 0.6 is 7.60 Å². The van der Waals surface area contributed by atoms with E-state index < -0.39 is 169 Å². The van der Waals surface area contributed by atoms with Gasteiger partial charge in [-0.3, -0.25) is 4.79 Å². The SMILES string of the molecule is CC(C)(C)C1OC(C(=O)[O-])C(O)C(O)C1O.CC(C)(C)P(=O)([O-])[O-].CCC(O)C(O)C1OC(C(=O)[O-])(C(C)(C)C)CC(O)C1NC(C)=O.CCC1OC(C(C)(C)C)C(O)C(O)C1O.CCC1OC(C(C)(C)C)C(O)C(O)C1O.[Na+].[Na+]. The molecule has 80 heavy (non-hydrogen) atoms. The first-order chi connectivity index (χ1) is 34.8. The Bertz CT molecular complexity index is 1850. The van der Waals surface area contributed by atoms with E-state index in [4.69, 9.17) is 18.9 Å². The predicted molar refractivity (Wildman–Crippen MR) is 274 cm³/mol. The molecule has 13 N–H and O–H groups in total. The summed E-state index contributed by atoms with van der Waals surface area (Å²) in [6.45, 7) is 32.5. The van der Waals surface area contributed by atoms with Crippen LogP contribution in [0.25, 0.3) is 0 Å². The third-order valence-corrected chi connectivity index (χ3v) is 15.8.